The van der Waals surface area contributed by atoms with Gasteiger partial charge in [0.15, 0.2) is 11.8 Å². The molecule has 1 amide bonds. The summed E-state index contributed by atoms with van der Waals surface area (Å²) < 4.78 is 50.7. The molecule has 340 valence electrons. The second-order valence-electron chi connectivity index (χ2n) is 17.1. The van der Waals surface area contributed by atoms with Crippen LogP contribution in [0.4, 0.5) is 5.82 Å². The molecule has 1 aromatic heterocycles. The van der Waals surface area contributed by atoms with E-state index in [0.717, 1.165) is 16.7 Å². The summed E-state index contributed by atoms with van der Waals surface area (Å²) >= 11 is 0. The summed E-state index contributed by atoms with van der Waals surface area (Å²) in [7, 11) is 1.45. The Labute approximate surface area is 381 Å². The van der Waals surface area contributed by atoms with Crippen molar-refractivity contribution in [2.24, 2.45) is 0 Å². The first kappa shape index (κ1) is 46.1. The molecular formula is C50H56N5O9P. The normalized spacial score (nSPS) is 21.2. The smallest absolute Gasteiger partial charge is 0.351 e. The average Bonchev–Trinajstić information content (AvgIpc) is 3.98. The molecule has 5 atom stereocenters. The zero-order valence-electron chi connectivity index (χ0n) is 37.8. The summed E-state index contributed by atoms with van der Waals surface area (Å²) in [5.74, 6) is 1.12. The van der Waals surface area contributed by atoms with Crippen LogP contribution in [0.2, 0.25) is 0 Å². The molecule has 2 aliphatic heterocycles. The summed E-state index contributed by atoms with van der Waals surface area (Å²) in [6.07, 6.45) is 0.472. The fourth-order valence-corrected chi connectivity index (χ4v) is 11.0. The number of aromatic nitrogens is 2. The predicted molar refractivity (Wildman–Crippen MR) is 246 cm³/mol. The van der Waals surface area contributed by atoms with E-state index in [4.69, 9.17) is 32.7 Å². The minimum atomic E-state index is -1.82. The number of ether oxygens (including phenoxy) is 5. The van der Waals surface area contributed by atoms with Crippen molar-refractivity contribution in [2.75, 3.05) is 32.8 Å². The number of carbonyl (C=O) groups is 1. The molecule has 65 heavy (non-hydrogen) atoms. The molecule has 14 nitrogen and oxygen atoms in total. The zero-order valence-corrected chi connectivity index (χ0v) is 38.7. The largest absolute Gasteiger partial charge is 0.497 e. The summed E-state index contributed by atoms with van der Waals surface area (Å²) in [5, 5.41) is 12.3. The van der Waals surface area contributed by atoms with Gasteiger partial charge in [-0.2, -0.15) is 10.2 Å². The topological polar surface area (TPSA) is 156 Å². The molecule has 3 aliphatic rings. The summed E-state index contributed by atoms with van der Waals surface area (Å²) in [5.41, 5.74) is -0.508. The molecule has 1 saturated carbocycles. The highest BCUT2D eigenvalue weighted by Gasteiger charge is 2.80. The number of methoxy groups -OCH3 is 2. The Hall–Kier alpha value is -5.49. The molecule has 2 saturated heterocycles. The summed E-state index contributed by atoms with van der Waals surface area (Å²) in [6.45, 7) is 10.2. The third kappa shape index (κ3) is 8.70. The molecule has 1 aliphatic carbocycles. The van der Waals surface area contributed by atoms with Crippen LogP contribution in [0, 0.1) is 18.3 Å². The highest BCUT2D eigenvalue weighted by molar-refractivity contribution is 7.44. The van der Waals surface area contributed by atoms with E-state index in [1.165, 1.54) is 4.57 Å². The van der Waals surface area contributed by atoms with Gasteiger partial charge in [-0.25, -0.2) is 9.46 Å². The van der Waals surface area contributed by atoms with Crippen LogP contribution in [0.1, 0.15) is 85.8 Å². The molecular weight excluding hydrogens is 846 g/mol. The molecule has 8 rings (SSSR count). The lowest BCUT2D eigenvalue weighted by atomic mass is 9.79. The van der Waals surface area contributed by atoms with Gasteiger partial charge in [0, 0.05) is 29.4 Å². The maximum Gasteiger partial charge on any atom is 0.351 e. The first-order valence-corrected chi connectivity index (χ1v) is 23.1. The van der Waals surface area contributed by atoms with Gasteiger partial charge in [-0.1, -0.05) is 72.8 Å². The highest BCUT2D eigenvalue weighted by atomic mass is 31.2. The Morgan fingerprint density at radius 3 is 2.00 bits per heavy atom. The van der Waals surface area contributed by atoms with Crippen LogP contribution < -0.4 is 20.5 Å². The van der Waals surface area contributed by atoms with Crippen molar-refractivity contribution in [1.29, 1.82) is 5.26 Å². The molecule has 2 bridgehead atoms. The van der Waals surface area contributed by atoms with Gasteiger partial charge in [0.25, 0.3) is 14.4 Å². The summed E-state index contributed by atoms with van der Waals surface area (Å²) in [4.78, 5) is 31.8. The number of nitriles is 1. The zero-order chi connectivity index (χ0) is 45.9. The predicted octanol–water partition coefficient (Wildman–Crippen LogP) is 8.69. The fourth-order valence-electron chi connectivity index (χ4n) is 9.20. The number of amides is 1. The number of rotatable bonds is 19. The van der Waals surface area contributed by atoms with E-state index in [1.54, 1.807) is 51.6 Å². The van der Waals surface area contributed by atoms with Crippen molar-refractivity contribution in [1.82, 2.24) is 14.2 Å². The molecule has 3 fully saturated rings. The lowest BCUT2D eigenvalue weighted by molar-refractivity contribution is -0.247. The molecule has 1 N–H and O–H groups in total. The lowest BCUT2D eigenvalue weighted by Crippen LogP contribution is -2.55. The van der Waals surface area contributed by atoms with Crippen LogP contribution in [0.15, 0.2) is 120 Å². The quantitative estimate of drug-likeness (QED) is 0.0479. The Morgan fingerprint density at radius 2 is 1.46 bits per heavy atom. The van der Waals surface area contributed by atoms with Crippen molar-refractivity contribution in [3.63, 3.8) is 0 Å². The van der Waals surface area contributed by atoms with E-state index in [2.05, 4.69) is 48.7 Å². The molecule has 1 unspecified atom stereocenters. The number of carbonyl (C=O) groups excluding carboxylic acids is 1. The van der Waals surface area contributed by atoms with Gasteiger partial charge in [0.1, 0.15) is 40.7 Å². The number of nitrogens with zero attached hydrogens (tertiary/aromatic N) is 4. The van der Waals surface area contributed by atoms with Gasteiger partial charge in [-0.05, 0) is 101 Å². The number of aryl methyl sites for hydroxylation is 1. The van der Waals surface area contributed by atoms with Gasteiger partial charge in [-0.15, -0.1) is 0 Å². The van der Waals surface area contributed by atoms with Crippen molar-refractivity contribution < 1.29 is 37.5 Å². The Kier molecular flexibility index (Phi) is 13.6. The molecule has 0 radical (unpaired) electrons. The van der Waals surface area contributed by atoms with E-state index < -0.39 is 55.4 Å². The van der Waals surface area contributed by atoms with E-state index in [9.17, 15) is 14.9 Å². The monoisotopic (exact) mass is 901 g/mol. The number of fused-ring (bicyclic) bond motifs is 3. The number of anilines is 1. The Morgan fingerprint density at radius 1 is 0.892 bits per heavy atom. The fraction of sp³-hybridized carbons (Fsp3) is 0.400. The van der Waals surface area contributed by atoms with Crippen LogP contribution in [-0.4, -0.2) is 83.1 Å². The van der Waals surface area contributed by atoms with Crippen LogP contribution in [0.5, 0.6) is 11.5 Å². The maximum absolute atomic E-state index is 14.2. The van der Waals surface area contributed by atoms with Gasteiger partial charge in [0.2, 0.25) is 0 Å². The number of hydrogen-bond acceptors (Lipinski definition) is 12. The molecule has 4 aromatic carbocycles. The summed E-state index contributed by atoms with van der Waals surface area (Å²) in [6, 6.07) is 36.6. The van der Waals surface area contributed by atoms with Gasteiger partial charge in [-0.3, -0.25) is 9.36 Å². The third-order valence-corrected chi connectivity index (χ3v) is 14.5. The average molecular weight is 902 g/mol. The molecule has 1 spiro atoms. The Balaban J connectivity index is 1.26. The van der Waals surface area contributed by atoms with Crippen LogP contribution in [-0.2, 0) is 28.9 Å². The second kappa shape index (κ2) is 19.2. The van der Waals surface area contributed by atoms with Gasteiger partial charge < -0.3 is 38.0 Å². The highest BCUT2D eigenvalue weighted by Crippen LogP contribution is 2.68. The number of nitrogens with one attached hydrogen (secondary N) is 1. The lowest BCUT2D eigenvalue weighted by Gasteiger charge is -2.44. The SMILES string of the molecule is COc1ccc(C(OC[C@]23O[C@@H](n4cc(C)c(NC(=O)c5ccccc5)nc4=O)[C@H](OC24CC4)[C@@H]3OP(OCCC#N)N(C(C)C)C(C)C)(c2ccccc2)c2ccc(OC)cc2)cc1. The van der Waals surface area contributed by atoms with Crippen LogP contribution >= 0.6 is 8.53 Å². The van der Waals surface area contributed by atoms with E-state index >= 15 is 0 Å². The molecule has 15 heteroatoms. The minimum absolute atomic E-state index is 0.00551. The second-order valence-corrected chi connectivity index (χ2v) is 18.5. The van der Waals surface area contributed by atoms with Crippen LogP contribution in [0.25, 0.3) is 0 Å². The third-order valence-electron chi connectivity index (χ3n) is 12.4. The van der Waals surface area contributed by atoms with E-state index in [1.807, 2.05) is 84.9 Å². The van der Waals surface area contributed by atoms with Gasteiger partial charge >= 0.3 is 5.69 Å². The van der Waals surface area contributed by atoms with Crippen LogP contribution in [0.3, 0.4) is 0 Å². The first-order valence-electron chi connectivity index (χ1n) is 22.0. The number of hydrogen-bond donors (Lipinski definition) is 1. The van der Waals surface area contributed by atoms with Crippen molar-refractivity contribution in [2.45, 2.75) is 101 Å². The maximum atomic E-state index is 14.2. The minimum Gasteiger partial charge on any atom is -0.497 e. The van der Waals surface area contributed by atoms with E-state index in [0.29, 0.717) is 35.5 Å². The molecule has 5 aromatic rings. The number of benzene rings is 4. The van der Waals surface area contributed by atoms with Gasteiger partial charge in [0.05, 0.1) is 39.9 Å². The Bertz CT molecular complexity index is 2480. The standard InChI is InChI=1S/C50H56N5O9P/c1-33(2)55(34(3)4)65(61-30-14-29-51)64-43-42-46(54-31-35(5)44(53-47(54)57)52-45(56)36-15-10-8-11-16-36)63-49(43,48(62-42)27-28-48)32-60-50(37-17-12-9-13-18-37,38-19-23-40(58-6)24-20-38)39-21-25-41(59-7)26-22-39/h8-13,15-26,31,33-34,42-43,46H,14,27-28,30,32H2,1-7H3,(H,52,53,56,57)/t42-,43+,46-,49-,65?/m1/s1. The molecule has 3 heterocycles. The first-order chi connectivity index (χ1) is 31.4. The van der Waals surface area contributed by atoms with E-state index in [-0.39, 0.29) is 37.5 Å². The van der Waals surface area contributed by atoms with Crippen molar-refractivity contribution in [3.8, 4) is 17.6 Å². The van der Waals surface area contributed by atoms with Crippen molar-refractivity contribution in [3.05, 3.63) is 154 Å². The van der Waals surface area contributed by atoms with Crippen molar-refractivity contribution >= 4 is 20.3 Å².